The van der Waals surface area contributed by atoms with Crippen molar-refractivity contribution in [3.63, 3.8) is 0 Å². The first kappa shape index (κ1) is 14.5. The highest BCUT2D eigenvalue weighted by Crippen LogP contribution is 2.24. The molecule has 0 atom stereocenters. The van der Waals surface area contributed by atoms with Gasteiger partial charge >= 0.3 is 0 Å². The summed E-state index contributed by atoms with van der Waals surface area (Å²) in [5.74, 6) is 0.846. The molecule has 2 aromatic heterocycles. The molecule has 0 aliphatic carbocycles. The van der Waals surface area contributed by atoms with Crippen molar-refractivity contribution < 1.29 is 0 Å². The summed E-state index contributed by atoms with van der Waals surface area (Å²) in [5.41, 5.74) is 4.40. The molecule has 23 heavy (non-hydrogen) atoms. The first-order valence-corrected chi connectivity index (χ1v) is 8.15. The Hall–Kier alpha value is -2.04. The molecule has 0 saturated carbocycles. The van der Waals surface area contributed by atoms with E-state index in [4.69, 9.17) is 11.6 Å². The Kier molecular flexibility index (Phi) is 3.71. The quantitative estimate of drug-likeness (QED) is 0.676. The lowest BCUT2D eigenvalue weighted by Gasteiger charge is -2.28. The molecule has 0 N–H and O–H groups in total. The number of halogens is 1. The van der Waals surface area contributed by atoms with Crippen molar-refractivity contribution in [1.29, 1.82) is 0 Å². The van der Waals surface area contributed by atoms with E-state index in [0.29, 0.717) is 5.15 Å². The summed E-state index contributed by atoms with van der Waals surface area (Å²) in [4.78, 5) is 15.7. The van der Waals surface area contributed by atoms with Gasteiger partial charge in [0, 0.05) is 54.5 Å². The second kappa shape index (κ2) is 5.87. The number of fused-ring (bicyclic) bond motifs is 2. The standard InChI is InChI=1S/C18H17ClN4/c1-12-20-9-15-11-23(7-6-17(15)21-12)10-14-8-13-4-2-3-5-16(13)22-18(14)19/h2-5,8-9H,6-7,10-11H2,1H3. The third-order valence-corrected chi connectivity index (χ3v) is 4.60. The van der Waals surface area contributed by atoms with Crippen LogP contribution in [0.15, 0.2) is 36.5 Å². The zero-order valence-electron chi connectivity index (χ0n) is 13.0. The largest absolute Gasteiger partial charge is 0.294 e. The van der Waals surface area contributed by atoms with Gasteiger partial charge in [-0.25, -0.2) is 15.0 Å². The SMILES string of the molecule is Cc1ncc2c(n1)CCN(Cc1cc3ccccc3nc1Cl)C2. The molecule has 1 aromatic carbocycles. The molecule has 5 heteroatoms. The van der Waals surface area contributed by atoms with Crippen molar-refractivity contribution >= 4 is 22.5 Å². The Morgan fingerprint density at radius 2 is 2.09 bits per heavy atom. The van der Waals surface area contributed by atoms with Gasteiger partial charge in [0.05, 0.1) is 5.52 Å². The fourth-order valence-corrected chi connectivity index (χ4v) is 3.30. The van der Waals surface area contributed by atoms with Crippen LogP contribution in [0.3, 0.4) is 0 Å². The van der Waals surface area contributed by atoms with Gasteiger partial charge in [0.25, 0.3) is 0 Å². The average molecular weight is 325 g/mol. The molecule has 0 bridgehead atoms. The maximum atomic E-state index is 6.38. The summed E-state index contributed by atoms with van der Waals surface area (Å²) >= 11 is 6.38. The van der Waals surface area contributed by atoms with Crippen molar-refractivity contribution in [3.8, 4) is 0 Å². The lowest BCUT2D eigenvalue weighted by atomic mass is 10.1. The van der Waals surface area contributed by atoms with Crippen molar-refractivity contribution in [3.05, 3.63) is 64.3 Å². The van der Waals surface area contributed by atoms with Gasteiger partial charge in [-0.15, -0.1) is 0 Å². The molecule has 0 saturated heterocycles. The number of aromatic nitrogens is 3. The van der Waals surface area contributed by atoms with E-state index in [1.54, 1.807) is 0 Å². The first-order chi connectivity index (χ1) is 11.2. The van der Waals surface area contributed by atoms with E-state index >= 15 is 0 Å². The Bertz CT molecular complexity index is 878. The molecule has 0 unspecified atom stereocenters. The van der Waals surface area contributed by atoms with Crippen LogP contribution in [0.2, 0.25) is 5.15 Å². The second-order valence-corrected chi connectivity index (χ2v) is 6.34. The smallest absolute Gasteiger partial charge is 0.134 e. The van der Waals surface area contributed by atoms with E-state index in [2.05, 4.69) is 32.0 Å². The molecule has 0 amide bonds. The van der Waals surface area contributed by atoms with Crippen LogP contribution in [-0.2, 0) is 19.5 Å². The van der Waals surface area contributed by atoms with Crippen LogP contribution < -0.4 is 0 Å². The minimum Gasteiger partial charge on any atom is -0.294 e. The van der Waals surface area contributed by atoms with Gasteiger partial charge in [-0.3, -0.25) is 4.90 Å². The highest BCUT2D eigenvalue weighted by Gasteiger charge is 2.19. The van der Waals surface area contributed by atoms with Gasteiger partial charge in [0.2, 0.25) is 0 Å². The summed E-state index contributed by atoms with van der Waals surface area (Å²) in [6.07, 6.45) is 2.90. The minimum atomic E-state index is 0.592. The van der Waals surface area contributed by atoms with Gasteiger partial charge < -0.3 is 0 Å². The van der Waals surface area contributed by atoms with Crippen LogP contribution in [0.25, 0.3) is 10.9 Å². The molecular weight excluding hydrogens is 308 g/mol. The molecular formula is C18H17ClN4. The number of para-hydroxylation sites is 1. The van der Waals surface area contributed by atoms with Gasteiger partial charge in [-0.05, 0) is 19.1 Å². The third kappa shape index (κ3) is 2.92. The fraction of sp³-hybridized carbons (Fsp3) is 0.278. The Balaban J connectivity index is 1.59. The van der Waals surface area contributed by atoms with E-state index in [1.807, 2.05) is 31.3 Å². The normalized spacial score (nSPS) is 14.9. The lowest BCUT2D eigenvalue weighted by Crippen LogP contribution is -2.31. The Labute approximate surface area is 140 Å². The van der Waals surface area contributed by atoms with E-state index < -0.39 is 0 Å². The highest BCUT2D eigenvalue weighted by molar-refractivity contribution is 6.30. The topological polar surface area (TPSA) is 41.9 Å². The molecule has 1 aliphatic rings. The zero-order valence-corrected chi connectivity index (χ0v) is 13.7. The highest BCUT2D eigenvalue weighted by atomic mass is 35.5. The monoisotopic (exact) mass is 324 g/mol. The van der Waals surface area contributed by atoms with Crippen molar-refractivity contribution in [1.82, 2.24) is 19.9 Å². The zero-order chi connectivity index (χ0) is 15.8. The third-order valence-electron chi connectivity index (χ3n) is 4.28. The van der Waals surface area contributed by atoms with Gasteiger partial charge in [-0.2, -0.15) is 0 Å². The molecule has 3 aromatic rings. The van der Waals surface area contributed by atoms with Crippen LogP contribution in [0.4, 0.5) is 0 Å². The van der Waals surface area contributed by atoms with Crippen molar-refractivity contribution in [2.45, 2.75) is 26.4 Å². The van der Waals surface area contributed by atoms with E-state index in [1.165, 1.54) is 11.3 Å². The van der Waals surface area contributed by atoms with Crippen LogP contribution in [0.5, 0.6) is 0 Å². The molecule has 0 radical (unpaired) electrons. The molecule has 1 aliphatic heterocycles. The second-order valence-electron chi connectivity index (χ2n) is 5.98. The fourth-order valence-electron chi connectivity index (χ4n) is 3.10. The first-order valence-electron chi connectivity index (χ1n) is 7.77. The minimum absolute atomic E-state index is 0.592. The van der Waals surface area contributed by atoms with Crippen LogP contribution in [0, 0.1) is 6.92 Å². The number of hydrogen-bond donors (Lipinski definition) is 0. The number of aryl methyl sites for hydroxylation is 1. The van der Waals surface area contributed by atoms with Crippen molar-refractivity contribution in [2.24, 2.45) is 0 Å². The maximum Gasteiger partial charge on any atom is 0.134 e. The number of hydrogen-bond acceptors (Lipinski definition) is 4. The summed E-state index contributed by atoms with van der Waals surface area (Å²) in [6.45, 7) is 4.57. The molecule has 4 nitrogen and oxygen atoms in total. The summed E-state index contributed by atoms with van der Waals surface area (Å²) in [6, 6.07) is 10.2. The van der Waals surface area contributed by atoms with E-state index in [-0.39, 0.29) is 0 Å². The van der Waals surface area contributed by atoms with Gasteiger partial charge in [0.15, 0.2) is 0 Å². The Morgan fingerprint density at radius 3 is 3.00 bits per heavy atom. The maximum absolute atomic E-state index is 6.38. The van der Waals surface area contributed by atoms with Crippen LogP contribution >= 0.6 is 11.6 Å². The molecule has 116 valence electrons. The number of pyridine rings is 1. The van der Waals surface area contributed by atoms with Crippen LogP contribution in [0.1, 0.15) is 22.6 Å². The average Bonchev–Trinajstić information content (AvgIpc) is 2.56. The summed E-state index contributed by atoms with van der Waals surface area (Å²) in [5, 5.41) is 1.72. The molecule has 0 spiro atoms. The summed E-state index contributed by atoms with van der Waals surface area (Å²) in [7, 11) is 0. The molecule has 3 heterocycles. The van der Waals surface area contributed by atoms with Crippen molar-refractivity contribution in [2.75, 3.05) is 6.54 Å². The van der Waals surface area contributed by atoms with Gasteiger partial charge in [-0.1, -0.05) is 29.8 Å². The van der Waals surface area contributed by atoms with E-state index in [0.717, 1.165) is 48.3 Å². The Morgan fingerprint density at radius 1 is 1.22 bits per heavy atom. The molecule has 4 rings (SSSR count). The number of rotatable bonds is 2. The van der Waals surface area contributed by atoms with Crippen LogP contribution in [-0.4, -0.2) is 26.4 Å². The van der Waals surface area contributed by atoms with E-state index in [9.17, 15) is 0 Å². The van der Waals surface area contributed by atoms with Gasteiger partial charge in [0.1, 0.15) is 11.0 Å². The number of nitrogens with zero attached hydrogens (tertiary/aromatic N) is 4. The molecule has 0 fully saturated rings. The predicted molar refractivity (Wildman–Crippen MR) is 91.3 cm³/mol. The summed E-state index contributed by atoms with van der Waals surface area (Å²) < 4.78 is 0. The number of benzene rings is 1. The predicted octanol–water partition coefficient (Wildman–Crippen LogP) is 3.54. The lowest BCUT2D eigenvalue weighted by molar-refractivity contribution is 0.242.